The van der Waals surface area contributed by atoms with E-state index >= 15 is 0 Å². The van der Waals surface area contributed by atoms with Gasteiger partial charge in [0.05, 0.1) is 0 Å². The molecule has 176 valence electrons. The first-order valence-corrected chi connectivity index (χ1v) is 11.9. The molecule has 0 bridgehead atoms. The summed E-state index contributed by atoms with van der Waals surface area (Å²) in [6.45, 7) is 11.3. The molecule has 0 atom stereocenters. The highest BCUT2D eigenvalue weighted by Crippen LogP contribution is 2.10. The minimum Gasteiger partial charge on any atom is -0.356 e. The average molecular weight is 543 g/mol. The second kappa shape index (κ2) is 15.0. The van der Waals surface area contributed by atoms with Crippen molar-refractivity contribution in [3.63, 3.8) is 0 Å². The van der Waals surface area contributed by atoms with E-state index in [-0.39, 0.29) is 24.0 Å². The molecule has 2 aliphatic rings. The first kappa shape index (κ1) is 26.4. The summed E-state index contributed by atoms with van der Waals surface area (Å²) in [7, 11) is 4.06. The van der Waals surface area contributed by atoms with Crippen molar-refractivity contribution in [3.8, 4) is 0 Å². The van der Waals surface area contributed by atoms with Crippen molar-refractivity contribution in [1.82, 2.24) is 25.3 Å². The molecule has 31 heavy (non-hydrogen) atoms. The van der Waals surface area contributed by atoms with Gasteiger partial charge in [-0.3, -0.25) is 9.89 Å². The molecule has 6 nitrogen and oxygen atoms in total. The number of rotatable bonds is 8. The van der Waals surface area contributed by atoms with Crippen LogP contribution >= 0.6 is 24.0 Å². The number of likely N-dealkylation sites (N-methyl/N-ethyl adjacent to an activating group) is 1. The van der Waals surface area contributed by atoms with Gasteiger partial charge in [-0.15, -0.1) is 24.0 Å². The number of nitrogens with one attached hydrogen (secondary N) is 2. The van der Waals surface area contributed by atoms with Crippen molar-refractivity contribution in [3.05, 3.63) is 35.4 Å². The number of guanidine groups is 1. The number of hydrogen-bond donors (Lipinski definition) is 2. The molecular weight excluding hydrogens is 499 g/mol. The Morgan fingerprint density at radius 3 is 2.13 bits per heavy atom. The fourth-order valence-corrected chi connectivity index (χ4v) is 4.30. The summed E-state index contributed by atoms with van der Waals surface area (Å²) in [6, 6.07) is 9.02. The van der Waals surface area contributed by atoms with Crippen LogP contribution in [0.5, 0.6) is 0 Å². The molecule has 2 N–H and O–H groups in total. The van der Waals surface area contributed by atoms with E-state index in [1.165, 1.54) is 89.0 Å². The predicted octanol–water partition coefficient (Wildman–Crippen LogP) is 2.98. The number of benzene rings is 1. The average Bonchev–Trinajstić information content (AvgIpc) is 3.05. The number of nitrogens with zero attached hydrogens (tertiary/aromatic N) is 4. The van der Waals surface area contributed by atoms with Gasteiger partial charge in [0.2, 0.25) is 0 Å². The first-order chi connectivity index (χ1) is 14.7. The Labute approximate surface area is 206 Å². The Bertz CT molecular complexity index is 619. The normalized spacial score (nSPS) is 19.5. The van der Waals surface area contributed by atoms with Gasteiger partial charge in [0.25, 0.3) is 0 Å². The predicted molar refractivity (Wildman–Crippen MR) is 142 cm³/mol. The number of piperazine rings is 1. The SMILES string of the molecule is CN=C(NCCCN1CCCCCC1)NCc1ccc(CN2CCN(C)CC2)cc1.I. The van der Waals surface area contributed by atoms with E-state index < -0.39 is 0 Å². The van der Waals surface area contributed by atoms with E-state index in [0.717, 1.165) is 25.6 Å². The van der Waals surface area contributed by atoms with Crippen LogP contribution < -0.4 is 10.6 Å². The zero-order valence-corrected chi connectivity index (χ0v) is 21.9. The molecule has 0 radical (unpaired) electrons. The summed E-state index contributed by atoms with van der Waals surface area (Å²) in [5.74, 6) is 0.896. The van der Waals surface area contributed by atoms with Gasteiger partial charge in [-0.1, -0.05) is 37.1 Å². The van der Waals surface area contributed by atoms with E-state index in [9.17, 15) is 0 Å². The maximum atomic E-state index is 4.37. The molecule has 7 heteroatoms. The molecule has 2 aliphatic heterocycles. The Balaban J connectivity index is 0.00000341. The van der Waals surface area contributed by atoms with Gasteiger partial charge in [-0.2, -0.15) is 0 Å². The molecule has 2 heterocycles. The van der Waals surface area contributed by atoms with Crippen LogP contribution in [0.15, 0.2) is 29.3 Å². The Morgan fingerprint density at radius 2 is 1.48 bits per heavy atom. The summed E-state index contributed by atoms with van der Waals surface area (Å²) in [5.41, 5.74) is 2.70. The first-order valence-electron chi connectivity index (χ1n) is 11.9. The lowest BCUT2D eigenvalue weighted by atomic mass is 10.1. The summed E-state index contributed by atoms with van der Waals surface area (Å²) in [4.78, 5) is 11.9. The van der Waals surface area contributed by atoms with Gasteiger partial charge < -0.3 is 20.4 Å². The highest BCUT2D eigenvalue weighted by molar-refractivity contribution is 14.0. The lowest BCUT2D eigenvalue weighted by molar-refractivity contribution is 0.148. The standard InChI is InChI=1S/C24H42N6.HI/c1-25-24(26-12-7-15-29-13-5-3-4-6-14-29)27-20-22-8-10-23(11-9-22)21-30-18-16-28(2)17-19-30;/h8-11H,3-7,12-21H2,1-2H3,(H2,25,26,27);1H. The Hall–Kier alpha value is -0.900. The summed E-state index contributed by atoms with van der Waals surface area (Å²) < 4.78 is 0. The molecule has 1 aromatic carbocycles. The van der Waals surface area contributed by atoms with Gasteiger partial charge in [0.1, 0.15) is 0 Å². The van der Waals surface area contributed by atoms with Gasteiger partial charge in [-0.05, 0) is 57.1 Å². The van der Waals surface area contributed by atoms with Crippen molar-refractivity contribution in [2.24, 2.45) is 4.99 Å². The lowest BCUT2D eigenvalue weighted by Crippen LogP contribution is -2.43. The van der Waals surface area contributed by atoms with E-state index in [0.29, 0.717) is 0 Å². The van der Waals surface area contributed by atoms with Crippen LogP contribution in [0.25, 0.3) is 0 Å². The van der Waals surface area contributed by atoms with Crippen LogP contribution in [-0.2, 0) is 13.1 Å². The third-order valence-electron chi connectivity index (χ3n) is 6.35. The fraction of sp³-hybridized carbons (Fsp3) is 0.708. The van der Waals surface area contributed by atoms with Gasteiger partial charge in [0, 0.05) is 52.9 Å². The molecule has 1 aromatic rings. The number of likely N-dealkylation sites (tertiary alicyclic amines) is 1. The van der Waals surface area contributed by atoms with E-state index in [1.807, 2.05) is 7.05 Å². The minimum atomic E-state index is 0. The summed E-state index contributed by atoms with van der Waals surface area (Å²) in [6.07, 6.45) is 6.71. The van der Waals surface area contributed by atoms with Crippen molar-refractivity contribution in [2.45, 2.75) is 45.2 Å². The molecule has 0 aliphatic carbocycles. The zero-order chi connectivity index (χ0) is 21.0. The number of aliphatic imine (C=N–C) groups is 1. The van der Waals surface area contributed by atoms with E-state index in [1.54, 1.807) is 0 Å². The van der Waals surface area contributed by atoms with E-state index in [4.69, 9.17) is 0 Å². The van der Waals surface area contributed by atoms with Crippen molar-refractivity contribution in [2.75, 3.05) is 66.5 Å². The molecule has 3 rings (SSSR count). The second-order valence-corrected chi connectivity index (χ2v) is 8.86. The van der Waals surface area contributed by atoms with Crippen molar-refractivity contribution in [1.29, 1.82) is 0 Å². The van der Waals surface area contributed by atoms with Crippen LogP contribution in [0.2, 0.25) is 0 Å². The topological polar surface area (TPSA) is 46.1 Å². The minimum absolute atomic E-state index is 0. The molecule has 0 unspecified atom stereocenters. The van der Waals surface area contributed by atoms with Crippen LogP contribution in [0.1, 0.15) is 43.2 Å². The lowest BCUT2D eigenvalue weighted by Gasteiger charge is -2.32. The summed E-state index contributed by atoms with van der Waals surface area (Å²) in [5, 5.41) is 6.91. The molecule has 0 spiro atoms. The van der Waals surface area contributed by atoms with Crippen LogP contribution in [0.4, 0.5) is 0 Å². The van der Waals surface area contributed by atoms with E-state index in [2.05, 4.69) is 61.6 Å². The fourth-order valence-electron chi connectivity index (χ4n) is 4.30. The smallest absolute Gasteiger partial charge is 0.191 e. The zero-order valence-electron chi connectivity index (χ0n) is 19.6. The molecular formula is C24H43IN6. The number of hydrogen-bond acceptors (Lipinski definition) is 4. The Morgan fingerprint density at radius 1 is 0.839 bits per heavy atom. The summed E-state index contributed by atoms with van der Waals surface area (Å²) >= 11 is 0. The maximum absolute atomic E-state index is 4.37. The molecule has 2 saturated heterocycles. The highest BCUT2D eigenvalue weighted by atomic mass is 127. The van der Waals surface area contributed by atoms with Crippen LogP contribution in [0.3, 0.4) is 0 Å². The van der Waals surface area contributed by atoms with Crippen molar-refractivity contribution >= 4 is 29.9 Å². The second-order valence-electron chi connectivity index (χ2n) is 8.86. The third kappa shape index (κ3) is 10.1. The quantitative estimate of drug-likeness (QED) is 0.229. The van der Waals surface area contributed by atoms with Crippen molar-refractivity contribution < 1.29 is 0 Å². The largest absolute Gasteiger partial charge is 0.356 e. The monoisotopic (exact) mass is 542 g/mol. The van der Waals surface area contributed by atoms with Gasteiger partial charge in [-0.25, -0.2) is 0 Å². The third-order valence-corrected chi connectivity index (χ3v) is 6.35. The van der Waals surface area contributed by atoms with Gasteiger partial charge >= 0.3 is 0 Å². The highest BCUT2D eigenvalue weighted by Gasteiger charge is 2.13. The number of halogens is 1. The van der Waals surface area contributed by atoms with Crippen LogP contribution in [-0.4, -0.2) is 87.1 Å². The Kier molecular flexibility index (Phi) is 12.8. The molecule has 0 aromatic heterocycles. The van der Waals surface area contributed by atoms with Gasteiger partial charge in [0.15, 0.2) is 5.96 Å². The maximum Gasteiger partial charge on any atom is 0.191 e. The molecule has 0 amide bonds. The van der Waals surface area contributed by atoms with Crippen LogP contribution in [0, 0.1) is 0 Å². The molecule has 2 fully saturated rings. The molecule has 0 saturated carbocycles.